The Kier molecular flexibility index (Phi) is 4.90. The number of rotatable bonds is 5. The van der Waals surface area contributed by atoms with Crippen molar-refractivity contribution in [3.63, 3.8) is 0 Å². The lowest BCUT2D eigenvalue weighted by Gasteiger charge is -2.55. The second-order valence-corrected chi connectivity index (χ2v) is 9.90. The number of hydrogen-bond donors (Lipinski definition) is 2. The van der Waals surface area contributed by atoms with Crippen molar-refractivity contribution in [2.75, 3.05) is 11.0 Å². The van der Waals surface area contributed by atoms with Crippen LogP contribution in [0.15, 0.2) is 18.2 Å². The summed E-state index contributed by atoms with van der Waals surface area (Å²) >= 11 is 0. The van der Waals surface area contributed by atoms with Crippen LogP contribution in [0, 0.1) is 16.7 Å². The summed E-state index contributed by atoms with van der Waals surface area (Å²) in [4.78, 5) is 12.9. The van der Waals surface area contributed by atoms with Crippen molar-refractivity contribution in [1.29, 1.82) is 5.26 Å². The largest absolute Gasteiger partial charge is 0.347 e. The normalized spacial score (nSPS) is 27.1. The van der Waals surface area contributed by atoms with Gasteiger partial charge in [-0.25, -0.2) is 17.2 Å². The van der Waals surface area contributed by atoms with E-state index >= 15 is 0 Å². The molecule has 0 saturated heterocycles. The Morgan fingerprint density at radius 1 is 1.18 bits per heavy atom. The first kappa shape index (κ1) is 20.5. The zero-order valence-corrected chi connectivity index (χ0v) is 16.6. The Labute approximate surface area is 163 Å². The summed E-state index contributed by atoms with van der Waals surface area (Å²) in [6.07, 6.45) is 3.34. The predicted molar refractivity (Wildman–Crippen MR) is 101 cm³/mol. The van der Waals surface area contributed by atoms with Crippen molar-refractivity contribution >= 4 is 21.6 Å². The molecule has 0 spiro atoms. The molecule has 0 aliphatic heterocycles. The minimum absolute atomic E-state index is 0.0436. The van der Waals surface area contributed by atoms with E-state index in [0.29, 0.717) is 38.5 Å². The highest BCUT2D eigenvalue weighted by Crippen LogP contribution is 2.59. The van der Waals surface area contributed by atoms with Crippen molar-refractivity contribution in [3.8, 4) is 6.07 Å². The highest BCUT2D eigenvalue weighted by atomic mass is 32.2. The summed E-state index contributed by atoms with van der Waals surface area (Å²) in [6.45, 7) is 0.973. The van der Waals surface area contributed by atoms with E-state index in [0.717, 1.165) is 13.2 Å². The maximum atomic E-state index is 14.1. The predicted octanol–water partition coefficient (Wildman–Crippen LogP) is 3.41. The summed E-state index contributed by atoms with van der Waals surface area (Å²) in [5.41, 5.74) is -1.23. The topological polar surface area (TPSA) is 99.1 Å². The van der Waals surface area contributed by atoms with Gasteiger partial charge in [0.15, 0.2) is 0 Å². The number of alkyl halides is 2. The summed E-state index contributed by atoms with van der Waals surface area (Å²) < 4.78 is 53.6. The number of halogens is 2. The second kappa shape index (κ2) is 6.69. The van der Waals surface area contributed by atoms with E-state index < -0.39 is 32.8 Å². The molecule has 3 aliphatic rings. The zero-order valence-electron chi connectivity index (χ0n) is 15.8. The van der Waals surface area contributed by atoms with Gasteiger partial charge in [0, 0.05) is 11.0 Å². The third-order valence-electron chi connectivity index (χ3n) is 6.24. The molecule has 3 saturated carbocycles. The summed E-state index contributed by atoms with van der Waals surface area (Å²) in [7, 11) is -3.62. The fraction of sp³-hybridized carbons (Fsp3) is 0.579. The number of sulfonamides is 1. The smallest absolute Gasteiger partial charge is 0.253 e. The van der Waals surface area contributed by atoms with Crippen LogP contribution in [-0.2, 0) is 10.0 Å². The average Bonchev–Trinajstić information content (AvgIpc) is 2.61. The summed E-state index contributed by atoms with van der Waals surface area (Å²) in [5.74, 6) is -3.27. The molecule has 3 aliphatic carbocycles. The monoisotopic (exact) mass is 411 g/mol. The molecule has 28 heavy (non-hydrogen) atoms. The fourth-order valence-corrected chi connectivity index (χ4v) is 5.01. The molecule has 0 heterocycles. The molecule has 0 aromatic heterocycles. The van der Waals surface area contributed by atoms with Crippen LogP contribution in [0.5, 0.6) is 0 Å². The summed E-state index contributed by atoms with van der Waals surface area (Å²) in [5, 5.41) is 12.1. The Hall–Kier alpha value is -2.21. The molecule has 3 fully saturated rings. The molecule has 6 nitrogen and oxygen atoms in total. The van der Waals surface area contributed by atoms with Crippen LogP contribution in [0.25, 0.3) is 0 Å². The molecule has 9 heteroatoms. The average molecular weight is 411 g/mol. The molecule has 0 radical (unpaired) electrons. The molecule has 0 unspecified atom stereocenters. The van der Waals surface area contributed by atoms with E-state index in [-0.39, 0.29) is 16.8 Å². The molecule has 0 atom stereocenters. The third-order valence-corrected chi connectivity index (χ3v) is 6.84. The van der Waals surface area contributed by atoms with E-state index in [9.17, 15) is 22.0 Å². The van der Waals surface area contributed by atoms with E-state index in [1.807, 2.05) is 6.07 Å². The molecule has 4 rings (SSSR count). The molecule has 1 aromatic carbocycles. The van der Waals surface area contributed by atoms with Gasteiger partial charge in [0.05, 0.1) is 29.1 Å². The van der Waals surface area contributed by atoms with Crippen LogP contribution in [0.3, 0.4) is 0 Å². The van der Waals surface area contributed by atoms with Gasteiger partial charge in [-0.3, -0.25) is 9.52 Å². The number of nitriles is 1. The molecule has 2 N–H and O–H groups in total. The Morgan fingerprint density at radius 3 is 2.21 bits per heavy atom. The van der Waals surface area contributed by atoms with E-state index in [1.165, 1.54) is 18.2 Å². The number of benzene rings is 1. The highest BCUT2D eigenvalue weighted by molar-refractivity contribution is 7.92. The SMILES string of the molecule is CC(F)(F)C12CCC(NC(=O)c3cc(C#N)ccc3NS(C)(=O)=O)(CC1)CC2. The van der Waals surface area contributed by atoms with Crippen LogP contribution in [0.1, 0.15) is 61.4 Å². The van der Waals surface area contributed by atoms with Crippen molar-refractivity contribution in [1.82, 2.24) is 5.32 Å². The molecular weight excluding hydrogens is 388 g/mol. The zero-order chi connectivity index (χ0) is 20.8. The number of nitrogens with zero attached hydrogens (tertiary/aromatic N) is 1. The third kappa shape index (κ3) is 3.83. The summed E-state index contributed by atoms with van der Waals surface area (Å²) in [6, 6.07) is 6.05. The van der Waals surface area contributed by atoms with Crippen molar-refractivity contribution < 1.29 is 22.0 Å². The van der Waals surface area contributed by atoms with Gasteiger partial charge in [0.2, 0.25) is 10.0 Å². The van der Waals surface area contributed by atoms with Gasteiger partial charge >= 0.3 is 0 Å². The first-order valence-corrected chi connectivity index (χ1v) is 11.0. The standard InChI is InChI=1S/C19H23F2N3O3S/c1-17(20,21)18-5-8-19(9-6-18,10-7-18)23-16(25)14-11-13(12-22)3-4-15(14)24-28(2,26)27/h3-4,11,24H,5-10H2,1-2H3,(H,23,25). The van der Waals surface area contributed by atoms with Crippen LogP contribution in [0.2, 0.25) is 0 Å². The van der Waals surface area contributed by atoms with Crippen molar-refractivity contribution in [3.05, 3.63) is 29.3 Å². The maximum absolute atomic E-state index is 14.1. The minimum Gasteiger partial charge on any atom is -0.347 e. The van der Waals surface area contributed by atoms with Gasteiger partial charge in [-0.2, -0.15) is 5.26 Å². The number of carbonyl (C=O) groups excluding carboxylic acids is 1. The quantitative estimate of drug-likeness (QED) is 0.776. The Bertz CT molecular complexity index is 924. The van der Waals surface area contributed by atoms with Gasteiger partial charge < -0.3 is 5.32 Å². The second-order valence-electron chi connectivity index (χ2n) is 8.15. The van der Waals surface area contributed by atoms with Gasteiger partial charge in [-0.05, 0) is 63.6 Å². The van der Waals surface area contributed by atoms with Crippen LogP contribution in [-0.4, -0.2) is 32.0 Å². The molecule has 1 aromatic rings. The van der Waals surface area contributed by atoms with E-state index in [1.54, 1.807) is 0 Å². The maximum Gasteiger partial charge on any atom is 0.253 e. The number of amides is 1. The van der Waals surface area contributed by atoms with Gasteiger partial charge in [-0.15, -0.1) is 0 Å². The lowest BCUT2D eigenvalue weighted by molar-refractivity contribution is -0.160. The molecule has 2 bridgehead atoms. The first-order valence-electron chi connectivity index (χ1n) is 9.11. The van der Waals surface area contributed by atoms with Gasteiger partial charge in [-0.1, -0.05) is 0 Å². The number of anilines is 1. The first-order chi connectivity index (χ1) is 12.9. The molecule has 1 amide bonds. The number of fused-ring (bicyclic) bond motifs is 3. The number of nitrogens with one attached hydrogen (secondary N) is 2. The molecular formula is C19H23F2N3O3S. The molecule has 152 valence electrons. The minimum atomic E-state index is -3.62. The van der Waals surface area contributed by atoms with Crippen LogP contribution in [0.4, 0.5) is 14.5 Å². The van der Waals surface area contributed by atoms with Crippen molar-refractivity contribution in [2.24, 2.45) is 5.41 Å². The van der Waals surface area contributed by atoms with Gasteiger partial charge in [0.25, 0.3) is 11.8 Å². The van der Waals surface area contributed by atoms with Crippen molar-refractivity contribution in [2.45, 2.75) is 56.9 Å². The van der Waals surface area contributed by atoms with Gasteiger partial charge in [0.1, 0.15) is 0 Å². The van der Waals surface area contributed by atoms with Crippen LogP contribution < -0.4 is 10.0 Å². The van der Waals surface area contributed by atoms with Crippen LogP contribution >= 0.6 is 0 Å². The number of carbonyl (C=O) groups is 1. The number of hydrogen-bond acceptors (Lipinski definition) is 4. The lowest BCUT2D eigenvalue weighted by Crippen LogP contribution is -2.60. The lowest BCUT2D eigenvalue weighted by atomic mass is 9.55. The van der Waals surface area contributed by atoms with E-state index in [4.69, 9.17) is 5.26 Å². The Balaban J connectivity index is 1.84. The Morgan fingerprint density at radius 2 is 1.75 bits per heavy atom. The fourth-order valence-electron chi connectivity index (χ4n) is 4.43. The highest BCUT2D eigenvalue weighted by Gasteiger charge is 2.58. The van der Waals surface area contributed by atoms with E-state index in [2.05, 4.69) is 10.0 Å².